The van der Waals surface area contributed by atoms with Gasteiger partial charge in [0.2, 0.25) is 0 Å². The van der Waals surface area contributed by atoms with Crippen molar-refractivity contribution in [2.75, 3.05) is 5.33 Å². The van der Waals surface area contributed by atoms with Crippen LogP contribution in [0.25, 0.3) is 0 Å². The molecule has 0 radical (unpaired) electrons. The Morgan fingerprint density at radius 3 is 2.80 bits per heavy atom. The van der Waals surface area contributed by atoms with E-state index in [2.05, 4.69) is 31.9 Å². The van der Waals surface area contributed by atoms with Gasteiger partial charge in [0.1, 0.15) is 0 Å². The van der Waals surface area contributed by atoms with Crippen LogP contribution in [0.2, 0.25) is 0 Å². The minimum Gasteiger partial charge on any atom is -0.284 e. The molecule has 0 aliphatic heterocycles. The van der Waals surface area contributed by atoms with E-state index in [1.165, 1.54) is 6.08 Å². The Balaban J connectivity index is 2.93. The lowest BCUT2D eigenvalue weighted by Gasteiger charge is -2.23. The summed E-state index contributed by atoms with van der Waals surface area (Å²) >= 11 is 6.27. The summed E-state index contributed by atoms with van der Waals surface area (Å²) in [5.74, 6) is 0. The molecular formula is C9H10Br2O3S. The van der Waals surface area contributed by atoms with Crippen LogP contribution in [0.15, 0.2) is 36.0 Å². The van der Waals surface area contributed by atoms with E-state index in [-0.39, 0.29) is 6.42 Å². The first-order valence-corrected chi connectivity index (χ1v) is 7.51. The maximum absolute atomic E-state index is 11.1. The summed E-state index contributed by atoms with van der Waals surface area (Å²) < 4.78 is 29.9. The van der Waals surface area contributed by atoms with Gasteiger partial charge in [-0.1, -0.05) is 62.2 Å². The summed E-state index contributed by atoms with van der Waals surface area (Å²) in [7, 11) is -4.14. The molecule has 0 spiro atoms. The molecule has 15 heavy (non-hydrogen) atoms. The topological polar surface area (TPSA) is 54.4 Å². The highest BCUT2D eigenvalue weighted by Gasteiger charge is 2.39. The number of alkyl halides is 2. The van der Waals surface area contributed by atoms with E-state index in [1.54, 1.807) is 6.08 Å². The van der Waals surface area contributed by atoms with Crippen LogP contribution >= 0.6 is 31.9 Å². The Labute approximate surface area is 106 Å². The van der Waals surface area contributed by atoms with E-state index < -0.39 is 13.8 Å². The predicted octanol–water partition coefficient (Wildman–Crippen LogP) is 2.80. The van der Waals surface area contributed by atoms with Gasteiger partial charge in [0.15, 0.2) is 3.66 Å². The molecule has 0 heterocycles. The number of rotatable bonds is 3. The van der Waals surface area contributed by atoms with Crippen LogP contribution in [0.4, 0.5) is 0 Å². The highest BCUT2D eigenvalue weighted by molar-refractivity contribution is 9.11. The molecule has 1 atom stereocenters. The fraction of sp³-hybridized carbons (Fsp3) is 0.333. The molecule has 0 aromatic rings. The quantitative estimate of drug-likeness (QED) is 0.624. The van der Waals surface area contributed by atoms with Crippen molar-refractivity contribution in [2.45, 2.75) is 10.1 Å². The van der Waals surface area contributed by atoms with Crippen LogP contribution < -0.4 is 0 Å². The third kappa shape index (κ3) is 3.27. The molecule has 0 saturated carbocycles. The number of hydrogen-bond acceptors (Lipinski definition) is 2. The maximum atomic E-state index is 11.1. The molecule has 1 rings (SSSR count). The maximum Gasteiger partial charge on any atom is 0.284 e. The van der Waals surface area contributed by atoms with Gasteiger partial charge < -0.3 is 0 Å². The van der Waals surface area contributed by atoms with Gasteiger partial charge in [-0.3, -0.25) is 4.55 Å². The summed E-state index contributed by atoms with van der Waals surface area (Å²) in [4.78, 5) is 0. The summed E-state index contributed by atoms with van der Waals surface area (Å²) in [5.41, 5.74) is 0.839. The van der Waals surface area contributed by atoms with Gasteiger partial charge in [0.05, 0.1) is 0 Å². The monoisotopic (exact) mass is 356 g/mol. The molecule has 1 unspecified atom stereocenters. The fourth-order valence-electron chi connectivity index (χ4n) is 1.20. The van der Waals surface area contributed by atoms with Crippen LogP contribution in [-0.2, 0) is 10.1 Å². The van der Waals surface area contributed by atoms with E-state index in [0.717, 1.165) is 5.57 Å². The molecule has 0 bridgehead atoms. The summed E-state index contributed by atoms with van der Waals surface area (Å²) in [6.45, 7) is 0. The second kappa shape index (κ2) is 4.95. The molecule has 84 valence electrons. The normalized spacial score (nSPS) is 27.0. The Hall–Kier alpha value is 0.0900. The van der Waals surface area contributed by atoms with Crippen molar-refractivity contribution < 1.29 is 13.0 Å². The highest BCUT2D eigenvalue weighted by atomic mass is 79.9. The van der Waals surface area contributed by atoms with Gasteiger partial charge in [0.25, 0.3) is 10.1 Å². The van der Waals surface area contributed by atoms with Crippen LogP contribution in [0, 0.1) is 0 Å². The van der Waals surface area contributed by atoms with Crippen LogP contribution in [0.1, 0.15) is 6.42 Å². The second-order valence-corrected chi connectivity index (χ2v) is 7.36. The van der Waals surface area contributed by atoms with E-state index in [4.69, 9.17) is 4.55 Å². The van der Waals surface area contributed by atoms with E-state index >= 15 is 0 Å². The average molecular weight is 358 g/mol. The predicted molar refractivity (Wildman–Crippen MR) is 68.0 cm³/mol. The SMILES string of the molecule is O=S(=O)(O)C1(Br)C=CC=C(C=CCBr)C1. The second-order valence-electron chi connectivity index (χ2n) is 3.10. The van der Waals surface area contributed by atoms with E-state index in [9.17, 15) is 8.42 Å². The Morgan fingerprint density at radius 1 is 1.60 bits per heavy atom. The fourth-order valence-corrected chi connectivity index (χ4v) is 2.46. The first kappa shape index (κ1) is 13.2. The minimum absolute atomic E-state index is 0.214. The third-order valence-corrected chi connectivity index (χ3v) is 5.23. The molecule has 1 N–H and O–H groups in total. The van der Waals surface area contributed by atoms with Crippen molar-refractivity contribution in [3.63, 3.8) is 0 Å². The first-order valence-electron chi connectivity index (χ1n) is 4.16. The van der Waals surface area contributed by atoms with Gasteiger partial charge in [-0.05, 0) is 5.57 Å². The first-order chi connectivity index (χ1) is 6.89. The Morgan fingerprint density at radius 2 is 2.27 bits per heavy atom. The largest absolute Gasteiger partial charge is 0.284 e. The molecule has 1 aliphatic rings. The molecule has 0 fully saturated rings. The Bertz CT molecular complexity index is 423. The van der Waals surface area contributed by atoms with Crippen LogP contribution in [-0.4, -0.2) is 22.0 Å². The lowest BCUT2D eigenvalue weighted by atomic mass is 10.0. The van der Waals surface area contributed by atoms with E-state index in [1.807, 2.05) is 18.2 Å². The summed E-state index contributed by atoms with van der Waals surface area (Å²) in [6.07, 6.45) is 8.74. The van der Waals surface area contributed by atoms with Crippen molar-refractivity contribution in [1.82, 2.24) is 0 Å². The molecule has 0 aromatic carbocycles. The number of allylic oxidation sites excluding steroid dienone is 5. The van der Waals surface area contributed by atoms with Gasteiger partial charge in [-0.25, -0.2) is 0 Å². The summed E-state index contributed by atoms with van der Waals surface area (Å²) in [6, 6.07) is 0. The standard InChI is InChI=1S/C9H10Br2O3S/c10-6-2-4-8-3-1-5-9(11,7-8)15(12,13)14/h1-5H,6-7H2,(H,12,13,14). The molecule has 1 aliphatic carbocycles. The lowest BCUT2D eigenvalue weighted by Crippen LogP contribution is -2.30. The van der Waals surface area contributed by atoms with Crippen LogP contribution in [0.5, 0.6) is 0 Å². The van der Waals surface area contributed by atoms with Crippen molar-refractivity contribution in [3.8, 4) is 0 Å². The minimum atomic E-state index is -4.14. The Kier molecular flexibility index (Phi) is 4.34. The molecule has 6 heteroatoms. The average Bonchev–Trinajstić information content (AvgIpc) is 2.13. The summed E-state index contributed by atoms with van der Waals surface area (Å²) in [5, 5.41) is 0.704. The van der Waals surface area contributed by atoms with Crippen molar-refractivity contribution in [3.05, 3.63) is 36.0 Å². The van der Waals surface area contributed by atoms with Gasteiger partial charge in [-0.2, -0.15) is 8.42 Å². The van der Waals surface area contributed by atoms with Gasteiger partial charge in [0, 0.05) is 11.8 Å². The molecule has 3 nitrogen and oxygen atoms in total. The zero-order chi connectivity index (χ0) is 11.5. The van der Waals surface area contributed by atoms with Gasteiger partial charge in [-0.15, -0.1) is 0 Å². The van der Waals surface area contributed by atoms with Crippen molar-refractivity contribution in [1.29, 1.82) is 0 Å². The molecule has 0 saturated heterocycles. The molecule has 0 aromatic heterocycles. The zero-order valence-electron chi connectivity index (χ0n) is 7.73. The third-order valence-electron chi connectivity index (χ3n) is 1.95. The smallest absolute Gasteiger partial charge is 0.284 e. The van der Waals surface area contributed by atoms with Gasteiger partial charge >= 0.3 is 0 Å². The number of hydrogen-bond donors (Lipinski definition) is 1. The zero-order valence-corrected chi connectivity index (χ0v) is 11.7. The van der Waals surface area contributed by atoms with Crippen molar-refractivity contribution >= 4 is 42.0 Å². The van der Waals surface area contributed by atoms with Crippen molar-refractivity contribution in [2.24, 2.45) is 0 Å². The molecule has 0 amide bonds. The highest BCUT2D eigenvalue weighted by Crippen LogP contribution is 2.36. The van der Waals surface area contributed by atoms with Crippen LogP contribution in [0.3, 0.4) is 0 Å². The lowest BCUT2D eigenvalue weighted by molar-refractivity contribution is 0.470. The molecular weight excluding hydrogens is 348 g/mol. The van der Waals surface area contributed by atoms with E-state index in [0.29, 0.717) is 5.33 Å². The number of halogens is 2.